The SMILES string of the molecule is CC(=O)N1c2ccc(C(C=NC3CCNCC3)=CN)cc2N(C(=O)CC2CCC(F)(F)CC2)CC1C. The number of fused-ring (bicyclic) bond motifs is 1. The Balaban J connectivity index is 1.60. The van der Waals surface area contributed by atoms with Gasteiger partial charge < -0.3 is 20.9 Å². The highest BCUT2D eigenvalue weighted by molar-refractivity contribution is 6.11. The number of benzene rings is 1. The Hall–Kier alpha value is -2.81. The van der Waals surface area contributed by atoms with Crippen molar-refractivity contribution in [2.75, 3.05) is 29.4 Å². The van der Waals surface area contributed by atoms with Crippen molar-refractivity contribution in [3.05, 3.63) is 30.0 Å². The number of piperidine rings is 1. The summed E-state index contributed by atoms with van der Waals surface area (Å²) in [7, 11) is 0. The maximum Gasteiger partial charge on any atom is 0.248 e. The number of carbonyl (C=O) groups excluding carboxylic acids is 2. The summed E-state index contributed by atoms with van der Waals surface area (Å²) in [4.78, 5) is 34.1. The predicted molar refractivity (Wildman–Crippen MR) is 139 cm³/mol. The first-order chi connectivity index (χ1) is 17.2. The molecule has 7 nitrogen and oxygen atoms in total. The molecule has 1 aromatic carbocycles. The van der Waals surface area contributed by atoms with E-state index in [0.29, 0.717) is 30.8 Å². The van der Waals surface area contributed by atoms with E-state index in [1.807, 2.05) is 25.1 Å². The maximum absolute atomic E-state index is 13.6. The molecular formula is C27H37F2N5O2. The molecule has 0 spiro atoms. The molecule has 196 valence electrons. The van der Waals surface area contributed by atoms with Crippen LogP contribution < -0.4 is 20.9 Å². The average Bonchev–Trinajstić information content (AvgIpc) is 2.85. The van der Waals surface area contributed by atoms with Crippen LogP contribution in [0, 0.1) is 5.92 Å². The number of halogens is 2. The van der Waals surface area contributed by atoms with Crippen LogP contribution in [0.25, 0.3) is 5.57 Å². The summed E-state index contributed by atoms with van der Waals surface area (Å²) in [5.74, 6) is -2.87. The minimum Gasteiger partial charge on any atom is -0.404 e. The number of anilines is 2. The lowest BCUT2D eigenvalue weighted by atomic mass is 9.84. The normalized spacial score (nSPS) is 23.7. The van der Waals surface area contributed by atoms with Crippen LogP contribution in [-0.2, 0) is 9.59 Å². The van der Waals surface area contributed by atoms with Crippen molar-refractivity contribution in [3.63, 3.8) is 0 Å². The van der Waals surface area contributed by atoms with Crippen molar-refractivity contribution in [1.29, 1.82) is 0 Å². The zero-order valence-corrected chi connectivity index (χ0v) is 21.2. The van der Waals surface area contributed by atoms with Crippen molar-refractivity contribution in [1.82, 2.24) is 5.32 Å². The zero-order valence-electron chi connectivity index (χ0n) is 21.2. The lowest BCUT2D eigenvalue weighted by Crippen LogP contribution is -2.51. The van der Waals surface area contributed by atoms with Gasteiger partial charge in [-0.2, -0.15) is 0 Å². The number of nitrogens with one attached hydrogen (secondary N) is 1. The molecular weight excluding hydrogens is 464 g/mol. The van der Waals surface area contributed by atoms with Gasteiger partial charge in [0.15, 0.2) is 0 Å². The van der Waals surface area contributed by atoms with E-state index >= 15 is 0 Å². The van der Waals surface area contributed by atoms with Crippen LogP contribution in [0.15, 0.2) is 29.4 Å². The van der Waals surface area contributed by atoms with E-state index in [-0.39, 0.29) is 49.1 Å². The van der Waals surface area contributed by atoms with Gasteiger partial charge >= 0.3 is 0 Å². The van der Waals surface area contributed by atoms with Crippen LogP contribution in [-0.4, -0.2) is 55.7 Å². The zero-order chi connectivity index (χ0) is 25.9. The number of allylic oxidation sites excluding steroid dienone is 1. The third-order valence-corrected chi connectivity index (χ3v) is 7.60. The molecule has 2 fully saturated rings. The van der Waals surface area contributed by atoms with E-state index in [0.717, 1.165) is 37.1 Å². The molecule has 4 rings (SSSR count). The standard InChI is InChI=1S/C27H37F2N5O2/c1-18-17-33(26(36)13-20-5-9-27(28,29)10-6-20)25-14-21(3-4-24(25)34(18)19(2)35)22(15-30)16-32-23-7-11-31-12-8-23/h3-4,14-16,18,20,23,31H,5-13,17,30H2,1-2H3. The lowest BCUT2D eigenvalue weighted by molar-refractivity contribution is -0.121. The highest BCUT2D eigenvalue weighted by Gasteiger charge is 2.38. The minimum atomic E-state index is -2.62. The number of nitrogens with two attached hydrogens (primary N) is 1. The number of alkyl halides is 2. The molecule has 2 amide bonds. The summed E-state index contributed by atoms with van der Waals surface area (Å²) in [6, 6.07) is 5.67. The number of carbonyl (C=O) groups is 2. The van der Waals surface area contributed by atoms with Gasteiger partial charge in [-0.15, -0.1) is 0 Å². The van der Waals surface area contributed by atoms with Gasteiger partial charge in [-0.3, -0.25) is 14.6 Å². The molecule has 1 saturated carbocycles. The Morgan fingerprint density at radius 1 is 1.17 bits per heavy atom. The van der Waals surface area contributed by atoms with Crippen molar-refractivity contribution < 1.29 is 18.4 Å². The summed E-state index contributed by atoms with van der Waals surface area (Å²) in [5.41, 5.74) is 8.82. The van der Waals surface area contributed by atoms with Gasteiger partial charge in [0, 0.05) is 50.7 Å². The van der Waals surface area contributed by atoms with E-state index < -0.39 is 5.92 Å². The summed E-state index contributed by atoms with van der Waals surface area (Å²) in [5, 5.41) is 3.33. The molecule has 9 heteroatoms. The number of aliphatic imine (C=N–C) groups is 1. The Morgan fingerprint density at radius 2 is 1.86 bits per heavy atom. The molecule has 0 aromatic heterocycles. The largest absolute Gasteiger partial charge is 0.404 e. The van der Waals surface area contributed by atoms with Crippen LogP contribution in [0.1, 0.15) is 64.4 Å². The molecule has 0 bridgehead atoms. The Labute approximate surface area is 211 Å². The summed E-state index contributed by atoms with van der Waals surface area (Å²) in [6.45, 7) is 5.67. The highest BCUT2D eigenvalue weighted by atomic mass is 19.3. The summed E-state index contributed by atoms with van der Waals surface area (Å²) >= 11 is 0. The fourth-order valence-electron chi connectivity index (χ4n) is 5.54. The van der Waals surface area contributed by atoms with Crippen molar-refractivity contribution in [3.8, 4) is 0 Å². The molecule has 1 unspecified atom stereocenters. The van der Waals surface area contributed by atoms with Crippen LogP contribution in [0.2, 0.25) is 0 Å². The van der Waals surface area contributed by atoms with Gasteiger partial charge in [0.2, 0.25) is 17.7 Å². The van der Waals surface area contributed by atoms with Crippen molar-refractivity contribution >= 4 is 35.0 Å². The van der Waals surface area contributed by atoms with Gasteiger partial charge in [0.25, 0.3) is 0 Å². The number of nitrogens with zero attached hydrogens (tertiary/aromatic N) is 3. The average molecular weight is 502 g/mol. The number of hydrogen-bond donors (Lipinski definition) is 2. The second-order valence-corrected chi connectivity index (χ2v) is 10.3. The highest BCUT2D eigenvalue weighted by Crippen LogP contribution is 2.41. The maximum atomic E-state index is 13.6. The summed E-state index contributed by atoms with van der Waals surface area (Å²) in [6.07, 6.45) is 5.84. The molecule has 0 radical (unpaired) electrons. The topological polar surface area (TPSA) is 91.0 Å². The molecule has 1 saturated heterocycles. The number of hydrogen-bond acceptors (Lipinski definition) is 5. The molecule has 2 aliphatic heterocycles. The minimum absolute atomic E-state index is 0.0542. The smallest absolute Gasteiger partial charge is 0.248 e. The van der Waals surface area contributed by atoms with E-state index in [1.165, 1.54) is 13.1 Å². The Morgan fingerprint density at radius 3 is 2.50 bits per heavy atom. The quantitative estimate of drug-likeness (QED) is 0.594. The van der Waals surface area contributed by atoms with Crippen molar-refractivity contribution in [2.24, 2.45) is 16.6 Å². The molecule has 3 N–H and O–H groups in total. The Kier molecular flexibility index (Phi) is 8.07. The second-order valence-electron chi connectivity index (χ2n) is 10.3. The van der Waals surface area contributed by atoms with Gasteiger partial charge in [-0.05, 0) is 69.3 Å². The number of rotatable bonds is 5. The molecule has 3 aliphatic rings. The van der Waals surface area contributed by atoms with E-state index in [1.54, 1.807) is 16.0 Å². The van der Waals surface area contributed by atoms with Gasteiger partial charge in [-0.1, -0.05) is 6.07 Å². The fourth-order valence-corrected chi connectivity index (χ4v) is 5.54. The second kappa shape index (κ2) is 11.1. The first kappa shape index (κ1) is 26.3. The van der Waals surface area contributed by atoms with Gasteiger partial charge in [0.1, 0.15) is 0 Å². The van der Waals surface area contributed by atoms with Crippen molar-refractivity contribution in [2.45, 2.75) is 76.8 Å². The van der Waals surface area contributed by atoms with Crippen LogP contribution in [0.4, 0.5) is 20.2 Å². The first-order valence-electron chi connectivity index (χ1n) is 13.0. The fraction of sp³-hybridized carbons (Fsp3) is 0.593. The summed E-state index contributed by atoms with van der Waals surface area (Å²) < 4.78 is 27.2. The predicted octanol–water partition coefficient (Wildman–Crippen LogP) is 4.11. The third kappa shape index (κ3) is 5.94. The molecule has 2 heterocycles. The van der Waals surface area contributed by atoms with Crippen LogP contribution >= 0.6 is 0 Å². The Bertz CT molecular complexity index is 1020. The van der Waals surface area contributed by atoms with E-state index in [2.05, 4.69) is 5.32 Å². The lowest BCUT2D eigenvalue weighted by Gasteiger charge is -2.41. The van der Waals surface area contributed by atoms with E-state index in [9.17, 15) is 18.4 Å². The molecule has 1 atom stereocenters. The molecule has 1 aliphatic carbocycles. The van der Waals surface area contributed by atoms with Gasteiger partial charge in [-0.25, -0.2) is 8.78 Å². The molecule has 1 aromatic rings. The van der Waals surface area contributed by atoms with Gasteiger partial charge in [0.05, 0.1) is 23.5 Å². The van der Waals surface area contributed by atoms with Crippen LogP contribution in [0.3, 0.4) is 0 Å². The monoisotopic (exact) mass is 501 g/mol. The third-order valence-electron chi connectivity index (χ3n) is 7.60. The van der Waals surface area contributed by atoms with E-state index in [4.69, 9.17) is 10.7 Å². The first-order valence-corrected chi connectivity index (χ1v) is 13.0. The molecule has 36 heavy (non-hydrogen) atoms. The van der Waals surface area contributed by atoms with Crippen LogP contribution in [0.5, 0.6) is 0 Å². The number of amides is 2.